The van der Waals surface area contributed by atoms with Crippen LogP contribution in [-0.2, 0) is 14.6 Å². The lowest BCUT2D eigenvalue weighted by molar-refractivity contribution is -0.131. The third-order valence-corrected chi connectivity index (χ3v) is 5.03. The van der Waals surface area contributed by atoms with Crippen molar-refractivity contribution >= 4 is 15.7 Å². The molecule has 1 aliphatic heterocycles. The van der Waals surface area contributed by atoms with E-state index in [0.29, 0.717) is 32.5 Å². The van der Waals surface area contributed by atoms with Crippen LogP contribution in [0.25, 0.3) is 0 Å². The quantitative estimate of drug-likeness (QED) is 0.744. The van der Waals surface area contributed by atoms with Gasteiger partial charge in [-0.25, -0.2) is 8.42 Å². The molecule has 0 bridgehead atoms. The molecule has 2 N–H and O–H groups in total. The first-order valence-electron chi connectivity index (χ1n) is 5.70. The highest BCUT2D eigenvalue weighted by Crippen LogP contribution is 2.16. The second-order valence-electron chi connectivity index (χ2n) is 4.16. The highest BCUT2D eigenvalue weighted by molar-refractivity contribution is 7.92. The van der Waals surface area contributed by atoms with Gasteiger partial charge in [0.1, 0.15) is 0 Å². The van der Waals surface area contributed by atoms with Crippen molar-refractivity contribution in [1.82, 2.24) is 4.90 Å². The molecule has 0 aromatic heterocycles. The van der Waals surface area contributed by atoms with E-state index in [2.05, 4.69) is 0 Å². The molecule has 1 atom stereocenters. The standard InChI is InChI=1S/C10H20N2O3S/c1-2-3-10(13)12-6-7-16(14,15)9(8-12)4-5-11/h9H,2-8,11H2,1H3. The topological polar surface area (TPSA) is 80.5 Å². The van der Waals surface area contributed by atoms with Crippen molar-refractivity contribution in [2.75, 3.05) is 25.4 Å². The van der Waals surface area contributed by atoms with Crippen LogP contribution in [0, 0.1) is 0 Å². The molecule has 1 saturated heterocycles. The van der Waals surface area contributed by atoms with E-state index in [1.807, 2.05) is 6.92 Å². The summed E-state index contributed by atoms with van der Waals surface area (Å²) in [6.45, 7) is 2.94. The zero-order valence-corrected chi connectivity index (χ0v) is 10.5. The van der Waals surface area contributed by atoms with Crippen LogP contribution in [0.4, 0.5) is 0 Å². The van der Waals surface area contributed by atoms with Gasteiger partial charge < -0.3 is 10.6 Å². The van der Waals surface area contributed by atoms with Gasteiger partial charge in [-0.2, -0.15) is 0 Å². The molecule has 0 saturated carbocycles. The molecule has 1 heterocycles. The molecule has 0 radical (unpaired) electrons. The Balaban J connectivity index is 2.65. The lowest BCUT2D eigenvalue weighted by Crippen LogP contribution is -2.49. The minimum atomic E-state index is -3.04. The lowest BCUT2D eigenvalue weighted by Gasteiger charge is -2.32. The van der Waals surface area contributed by atoms with Crippen LogP contribution < -0.4 is 5.73 Å². The Labute approximate surface area is 96.9 Å². The predicted molar refractivity (Wildman–Crippen MR) is 62.7 cm³/mol. The fraction of sp³-hybridized carbons (Fsp3) is 0.900. The Kier molecular flexibility index (Phi) is 4.73. The van der Waals surface area contributed by atoms with Crippen molar-refractivity contribution in [3.63, 3.8) is 0 Å². The fourth-order valence-electron chi connectivity index (χ4n) is 1.91. The SMILES string of the molecule is CCCC(=O)N1CCS(=O)(=O)C(CCN)C1. The molecule has 1 fully saturated rings. The number of hydrogen-bond acceptors (Lipinski definition) is 4. The molecule has 1 aliphatic rings. The van der Waals surface area contributed by atoms with E-state index in [0.717, 1.165) is 6.42 Å². The van der Waals surface area contributed by atoms with E-state index >= 15 is 0 Å². The second kappa shape index (κ2) is 5.63. The monoisotopic (exact) mass is 248 g/mol. The summed E-state index contributed by atoms with van der Waals surface area (Å²) in [4.78, 5) is 13.3. The third-order valence-electron chi connectivity index (χ3n) is 2.88. The average molecular weight is 248 g/mol. The van der Waals surface area contributed by atoms with Crippen LogP contribution in [-0.4, -0.2) is 49.9 Å². The molecule has 16 heavy (non-hydrogen) atoms. The number of sulfone groups is 1. The molecule has 94 valence electrons. The second-order valence-corrected chi connectivity index (χ2v) is 6.56. The summed E-state index contributed by atoms with van der Waals surface area (Å²) in [5, 5.41) is -0.466. The molecule has 5 nitrogen and oxygen atoms in total. The average Bonchev–Trinajstić information content (AvgIpc) is 2.21. The summed E-state index contributed by atoms with van der Waals surface area (Å²) in [6, 6.07) is 0. The van der Waals surface area contributed by atoms with E-state index < -0.39 is 15.1 Å². The summed E-state index contributed by atoms with van der Waals surface area (Å²) >= 11 is 0. The third kappa shape index (κ3) is 3.18. The zero-order valence-electron chi connectivity index (χ0n) is 9.68. The van der Waals surface area contributed by atoms with E-state index in [1.165, 1.54) is 0 Å². The molecular weight excluding hydrogens is 228 g/mol. The molecular formula is C10H20N2O3S. The summed E-state index contributed by atoms with van der Waals surface area (Å²) in [5.74, 6) is 0.132. The number of hydrogen-bond donors (Lipinski definition) is 1. The molecule has 1 unspecified atom stereocenters. The Bertz CT molecular complexity index is 340. The summed E-state index contributed by atoms with van der Waals surface area (Å²) in [7, 11) is -3.04. The summed E-state index contributed by atoms with van der Waals surface area (Å²) in [5.41, 5.74) is 5.39. The van der Waals surface area contributed by atoms with E-state index in [4.69, 9.17) is 5.73 Å². The van der Waals surface area contributed by atoms with Gasteiger partial charge in [-0.3, -0.25) is 4.79 Å². The van der Waals surface area contributed by atoms with Gasteiger partial charge in [0.05, 0.1) is 11.0 Å². The largest absolute Gasteiger partial charge is 0.340 e. The van der Waals surface area contributed by atoms with Gasteiger partial charge in [0, 0.05) is 19.5 Å². The first-order valence-corrected chi connectivity index (χ1v) is 7.42. The maximum absolute atomic E-state index is 11.7. The first kappa shape index (κ1) is 13.4. The van der Waals surface area contributed by atoms with Gasteiger partial charge in [-0.15, -0.1) is 0 Å². The number of amides is 1. The Morgan fingerprint density at radius 3 is 2.75 bits per heavy atom. The van der Waals surface area contributed by atoms with Gasteiger partial charge in [0.25, 0.3) is 0 Å². The van der Waals surface area contributed by atoms with E-state index in [-0.39, 0.29) is 11.7 Å². The number of carbonyl (C=O) groups is 1. The number of carbonyl (C=O) groups excluding carboxylic acids is 1. The Morgan fingerprint density at radius 1 is 1.50 bits per heavy atom. The van der Waals surface area contributed by atoms with Gasteiger partial charge in [-0.1, -0.05) is 6.92 Å². The van der Waals surface area contributed by atoms with E-state index in [9.17, 15) is 13.2 Å². The molecule has 0 aromatic rings. The van der Waals surface area contributed by atoms with Crippen molar-refractivity contribution in [2.24, 2.45) is 5.73 Å². The number of nitrogens with two attached hydrogens (primary N) is 1. The molecule has 0 aliphatic carbocycles. The van der Waals surface area contributed by atoms with Crippen molar-refractivity contribution in [1.29, 1.82) is 0 Å². The van der Waals surface area contributed by atoms with Gasteiger partial charge in [0.15, 0.2) is 9.84 Å². The smallest absolute Gasteiger partial charge is 0.222 e. The number of nitrogens with zero attached hydrogens (tertiary/aromatic N) is 1. The number of rotatable bonds is 4. The minimum absolute atomic E-state index is 0.0550. The van der Waals surface area contributed by atoms with Crippen LogP contribution in [0.5, 0.6) is 0 Å². The highest BCUT2D eigenvalue weighted by Gasteiger charge is 2.33. The molecule has 0 spiro atoms. The maximum Gasteiger partial charge on any atom is 0.222 e. The normalized spacial score (nSPS) is 24.4. The van der Waals surface area contributed by atoms with Crippen LogP contribution in [0.1, 0.15) is 26.2 Å². The lowest BCUT2D eigenvalue weighted by atomic mass is 10.2. The van der Waals surface area contributed by atoms with E-state index in [1.54, 1.807) is 4.90 Å². The molecule has 1 amide bonds. The highest BCUT2D eigenvalue weighted by atomic mass is 32.2. The van der Waals surface area contributed by atoms with Crippen molar-refractivity contribution in [3.8, 4) is 0 Å². The van der Waals surface area contributed by atoms with Gasteiger partial charge in [0.2, 0.25) is 5.91 Å². The first-order chi connectivity index (χ1) is 7.51. The molecule has 1 rings (SSSR count). The van der Waals surface area contributed by atoms with Crippen LogP contribution in [0.2, 0.25) is 0 Å². The van der Waals surface area contributed by atoms with Crippen molar-refractivity contribution < 1.29 is 13.2 Å². The summed E-state index contributed by atoms with van der Waals surface area (Å²) in [6.07, 6.45) is 1.73. The Hall–Kier alpha value is -0.620. The molecule has 6 heteroatoms. The summed E-state index contributed by atoms with van der Waals surface area (Å²) < 4.78 is 23.4. The molecule has 0 aromatic carbocycles. The zero-order chi connectivity index (χ0) is 12.2. The van der Waals surface area contributed by atoms with Crippen molar-refractivity contribution in [2.45, 2.75) is 31.4 Å². The fourth-order valence-corrected chi connectivity index (χ4v) is 3.62. The van der Waals surface area contributed by atoms with Crippen LogP contribution >= 0.6 is 0 Å². The van der Waals surface area contributed by atoms with Crippen LogP contribution in [0.3, 0.4) is 0 Å². The minimum Gasteiger partial charge on any atom is -0.340 e. The maximum atomic E-state index is 11.7. The van der Waals surface area contributed by atoms with Crippen molar-refractivity contribution in [3.05, 3.63) is 0 Å². The Morgan fingerprint density at radius 2 is 2.19 bits per heavy atom. The van der Waals surface area contributed by atoms with Gasteiger partial charge in [-0.05, 0) is 19.4 Å². The van der Waals surface area contributed by atoms with Gasteiger partial charge >= 0.3 is 0 Å². The van der Waals surface area contributed by atoms with Crippen LogP contribution in [0.15, 0.2) is 0 Å². The predicted octanol–water partition coefficient (Wildman–Crippen LogP) is -0.239.